The summed E-state index contributed by atoms with van der Waals surface area (Å²) in [5.41, 5.74) is 1.47. The average molecular weight is 424 g/mol. The number of sulfone groups is 1. The first-order valence-corrected chi connectivity index (χ1v) is 10.9. The second kappa shape index (κ2) is 7.64. The van der Waals surface area contributed by atoms with Crippen LogP contribution >= 0.6 is 0 Å². The van der Waals surface area contributed by atoms with E-state index in [0.717, 1.165) is 0 Å². The van der Waals surface area contributed by atoms with Gasteiger partial charge in [0.2, 0.25) is 0 Å². The zero-order chi connectivity index (χ0) is 21.4. The van der Waals surface area contributed by atoms with E-state index in [0.29, 0.717) is 22.7 Å². The maximum atomic E-state index is 12.9. The Bertz CT molecular complexity index is 949. The van der Waals surface area contributed by atoms with Gasteiger partial charge in [-0.2, -0.15) is 5.01 Å². The number of methoxy groups -OCH3 is 1. The predicted molar refractivity (Wildman–Crippen MR) is 104 cm³/mol. The average Bonchev–Trinajstić information content (AvgIpc) is 3.14. The van der Waals surface area contributed by atoms with Crippen LogP contribution in [0.4, 0.5) is 4.79 Å². The highest BCUT2D eigenvalue weighted by Gasteiger charge is 2.50. The van der Waals surface area contributed by atoms with E-state index in [2.05, 4.69) is 10.7 Å². The lowest BCUT2D eigenvalue weighted by Gasteiger charge is -2.24. The van der Waals surface area contributed by atoms with E-state index in [-0.39, 0.29) is 24.1 Å². The molecule has 11 heteroatoms. The Morgan fingerprint density at radius 3 is 2.76 bits per heavy atom. The van der Waals surface area contributed by atoms with E-state index in [4.69, 9.17) is 4.74 Å². The fraction of sp³-hybridized carbons (Fsp3) is 0.500. The number of rotatable bonds is 6. The highest BCUT2D eigenvalue weighted by molar-refractivity contribution is 7.91. The van der Waals surface area contributed by atoms with Crippen molar-refractivity contribution in [1.82, 2.24) is 20.7 Å². The first-order valence-electron chi connectivity index (χ1n) is 9.07. The molecule has 0 bridgehead atoms. The standard InChI is InChI=1S/C18H24N4O6S/c1-18(12-5-4-6-14(9-12)28-3)16(24)22(17(25)19-18)20-15(23)10-21(2)13-7-8-29(26,27)11-13/h4-6,9,13H,7-8,10-11H2,1-3H3,(H,19,25)(H,20,23). The van der Waals surface area contributed by atoms with Gasteiger partial charge in [0.25, 0.3) is 11.8 Å². The van der Waals surface area contributed by atoms with Crippen molar-refractivity contribution in [2.45, 2.75) is 24.9 Å². The SMILES string of the molecule is COc1cccc(C2(C)NC(=O)N(NC(=O)CN(C)C3CCS(=O)(=O)C3)C2=O)c1. The summed E-state index contributed by atoms with van der Waals surface area (Å²) in [4.78, 5) is 39.2. The summed E-state index contributed by atoms with van der Waals surface area (Å²) in [5, 5.41) is 3.25. The van der Waals surface area contributed by atoms with Crippen molar-refractivity contribution in [1.29, 1.82) is 0 Å². The van der Waals surface area contributed by atoms with Crippen LogP contribution in [0.1, 0.15) is 18.9 Å². The number of ether oxygens (including phenoxy) is 1. The number of benzene rings is 1. The molecule has 4 amide bonds. The van der Waals surface area contributed by atoms with Gasteiger partial charge in [-0.25, -0.2) is 13.2 Å². The summed E-state index contributed by atoms with van der Waals surface area (Å²) in [6, 6.07) is 5.71. The number of hydrogen-bond acceptors (Lipinski definition) is 7. The molecular formula is C18H24N4O6S. The minimum Gasteiger partial charge on any atom is -0.497 e. The number of nitrogens with one attached hydrogen (secondary N) is 2. The maximum Gasteiger partial charge on any atom is 0.344 e. The summed E-state index contributed by atoms with van der Waals surface area (Å²) >= 11 is 0. The molecule has 2 aliphatic heterocycles. The van der Waals surface area contributed by atoms with E-state index in [1.54, 1.807) is 43.1 Å². The number of likely N-dealkylation sites (N-methyl/N-ethyl adjacent to an activating group) is 1. The summed E-state index contributed by atoms with van der Waals surface area (Å²) in [6.45, 7) is 1.40. The summed E-state index contributed by atoms with van der Waals surface area (Å²) in [6.07, 6.45) is 0.448. The van der Waals surface area contributed by atoms with E-state index in [1.165, 1.54) is 7.11 Å². The van der Waals surface area contributed by atoms with Crippen LogP contribution in [0.2, 0.25) is 0 Å². The van der Waals surface area contributed by atoms with Crippen LogP contribution in [0.15, 0.2) is 24.3 Å². The molecule has 1 aromatic carbocycles. The lowest BCUT2D eigenvalue weighted by atomic mass is 9.92. The lowest BCUT2D eigenvalue weighted by molar-refractivity contribution is -0.139. The Morgan fingerprint density at radius 2 is 2.14 bits per heavy atom. The third-order valence-corrected chi connectivity index (χ3v) is 7.05. The lowest BCUT2D eigenvalue weighted by Crippen LogP contribution is -2.51. The van der Waals surface area contributed by atoms with Crippen LogP contribution in [-0.4, -0.2) is 74.4 Å². The van der Waals surface area contributed by atoms with Crippen LogP contribution in [0.25, 0.3) is 0 Å². The van der Waals surface area contributed by atoms with Crippen LogP contribution in [-0.2, 0) is 25.0 Å². The number of urea groups is 1. The molecule has 10 nitrogen and oxygen atoms in total. The molecule has 0 aromatic heterocycles. The van der Waals surface area contributed by atoms with Crippen molar-refractivity contribution in [3.05, 3.63) is 29.8 Å². The van der Waals surface area contributed by atoms with Gasteiger partial charge in [-0.15, -0.1) is 0 Å². The highest BCUT2D eigenvalue weighted by atomic mass is 32.2. The molecule has 2 heterocycles. The number of hydrogen-bond donors (Lipinski definition) is 2. The number of hydrazine groups is 1. The number of carbonyl (C=O) groups is 3. The summed E-state index contributed by atoms with van der Waals surface area (Å²) in [7, 11) is 0.0511. The minimum absolute atomic E-state index is 0.00613. The fourth-order valence-corrected chi connectivity index (χ4v) is 5.31. The molecule has 2 unspecified atom stereocenters. The van der Waals surface area contributed by atoms with Crippen LogP contribution in [0, 0.1) is 0 Å². The molecule has 158 valence electrons. The molecule has 0 aliphatic carbocycles. The monoisotopic (exact) mass is 424 g/mol. The quantitative estimate of drug-likeness (QED) is 0.596. The fourth-order valence-electron chi connectivity index (χ4n) is 3.51. The second-order valence-electron chi connectivity index (χ2n) is 7.43. The largest absolute Gasteiger partial charge is 0.497 e. The van der Waals surface area contributed by atoms with E-state index < -0.39 is 33.2 Å². The third kappa shape index (κ3) is 4.20. The molecule has 2 atom stereocenters. The molecule has 2 aliphatic rings. The molecule has 2 N–H and O–H groups in total. The van der Waals surface area contributed by atoms with Crippen LogP contribution in [0.3, 0.4) is 0 Å². The molecule has 0 radical (unpaired) electrons. The van der Waals surface area contributed by atoms with Gasteiger partial charge in [0.05, 0.1) is 25.2 Å². The molecular weight excluding hydrogens is 400 g/mol. The molecule has 3 rings (SSSR count). The van der Waals surface area contributed by atoms with Crippen molar-refractivity contribution in [3.63, 3.8) is 0 Å². The number of nitrogens with zero attached hydrogens (tertiary/aromatic N) is 2. The van der Waals surface area contributed by atoms with Crippen LogP contribution in [0.5, 0.6) is 5.75 Å². The van der Waals surface area contributed by atoms with Crippen molar-refractivity contribution in [3.8, 4) is 5.75 Å². The van der Waals surface area contributed by atoms with Gasteiger partial charge in [-0.3, -0.25) is 19.9 Å². The zero-order valence-electron chi connectivity index (χ0n) is 16.5. The van der Waals surface area contributed by atoms with Gasteiger partial charge in [0, 0.05) is 6.04 Å². The van der Waals surface area contributed by atoms with E-state index in [1.807, 2.05) is 0 Å². The normalized spacial score (nSPS) is 25.9. The predicted octanol–water partition coefficient (Wildman–Crippen LogP) is -0.388. The molecule has 1 aromatic rings. The Balaban J connectivity index is 1.67. The molecule has 0 saturated carbocycles. The van der Waals surface area contributed by atoms with Gasteiger partial charge in [-0.1, -0.05) is 12.1 Å². The Labute approximate surface area is 169 Å². The Hall–Kier alpha value is -2.66. The van der Waals surface area contributed by atoms with E-state index >= 15 is 0 Å². The van der Waals surface area contributed by atoms with Crippen molar-refractivity contribution in [2.24, 2.45) is 0 Å². The van der Waals surface area contributed by atoms with Gasteiger partial charge in [0.15, 0.2) is 9.84 Å². The molecule has 2 saturated heterocycles. The number of imide groups is 1. The minimum atomic E-state index is -3.08. The first kappa shape index (κ1) is 21.1. The molecule has 29 heavy (non-hydrogen) atoms. The van der Waals surface area contributed by atoms with Gasteiger partial charge >= 0.3 is 6.03 Å². The topological polar surface area (TPSA) is 125 Å². The first-order chi connectivity index (χ1) is 13.6. The van der Waals surface area contributed by atoms with E-state index in [9.17, 15) is 22.8 Å². The smallest absolute Gasteiger partial charge is 0.344 e. The van der Waals surface area contributed by atoms with Gasteiger partial charge < -0.3 is 10.1 Å². The zero-order valence-corrected chi connectivity index (χ0v) is 17.3. The van der Waals surface area contributed by atoms with Gasteiger partial charge in [0.1, 0.15) is 11.3 Å². The Morgan fingerprint density at radius 1 is 1.41 bits per heavy atom. The molecule has 2 fully saturated rings. The Kier molecular flexibility index (Phi) is 5.54. The maximum absolute atomic E-state index is 12.9. The number of amides is 4. The summed E-state index contributed by atoms with van der Waals surface area (Å²) < 4.78 is 28.4. The second-order valence-corrected chi connectivity index (χ2v) is 9.66. The third-order valence-electron chi connectivity index (χ3n) is 5.30. The summed E-state index contributed by atoms with van der Waals surface area (Å²) in [5.74, 6) is -0.601. The van der Waals surface area contributed by atoms with Crippen molar-refractivity contribution < 1.29 is 27.5 Å². The number of carbonyl (C=O) groups excluding carboxylic acids is 3. The van der Waals surface area contributed by atoms with Crippen molar-refractivity contribution >= 4 is 27.7 Å². The molecule has 0 spiro atoms. The van der Waals surface area contributed by atoms with Gasteiger partial charge in [-0.05, 0) is 38.1 Å². The highest BCUT2D eigenvalue weighted by Crippen LogP contribution is 2.30. The van der Waals surface area contributed by atoms with Crippen molar-refractivity contribution in [2.75, 3.05) is 32.2 Å². The van der Waals surface area contributed by atoms with Crippen LogP contribution < -0.4 is 15.5 Å².